The molecule has 1 aliphatic carbocycles. The molecule has 0 aromatic carbocycles. The molecule has 1 aliphatic heterocycles. The minimum atomic E-state index is -0.705. The Balaban J connectivity index is 2.10. The van der Waals surface area contributed by atoms with Gasteiger partial charge in [-0.2, -0.15) is 0 Å². The fourth-order valence-electron chi connectivity index (χ4n) is 3.99. The number of hydrogen-bond acceptors (Lipinski definition) is 3. The quantitative estimate of drug-likeness (QED) is 0.853. The van der Waals surface area contributed by atoms with Gasteiger partial charge in [0.25, 0.3) is 0 Å². The Kier molecular flexibility index (Phi) is 4.91. The lowest BCUT2D eigenvalue weighted by Crippen LogP contribution is -2.53. The summed E-state index contributed by atoms with van der Waals surface area (Å²) in [6.07, 6.45) is 8.19. The summed E-state index contributed by atoms with van der Waals surface area (Å²) < 4.78 is 11.4. The second-order valence-corrected chi connectivity index (χ2v) is 6.86. The Hall–Kier alpha value is -0.120. The highest BCUT2D eigenvalue weighted by atomic mass is 16.5. The van der Waals surface area contributed by atoms with Crippen molar-refractivity contribution in [3.8, 4) is 0 Å². The van der Waals surface area contributed by atoms with Gasteiger partial charge in [0.1, 0.15) is 0 Å². The SMILES string of the molecule is COCC(O)(C(C)C)C1CCOC2(CCCCC2)C1. The summed E-state index contributed by atoms with van der Waals surface area (Å²) in [4.78, 5) is 0. The van der Waals surface area contributed by atoms with E-state index in [1.54, 1.807) is 7.11 Å². The van der Waals surface area contributed by atoms with Gasteiger partial charge in [-0.25, -0.2) is 0 Å². The largest absolute Gasteiger partial charge is 0.387 e. The summed E-state index contributed by atoms with van der Waals surface area (Å²) in [7, 11) is 1.68. The Morgan fingerprint density at radius 1 is 1.32 bits per heavy atom. The average molecular weight is 270 g/mol. The molecule has 0 radical (unpaired) electrons. The number of methoxy groups -OCH3 is 1. The van der Waals surface area contributed by atoms with Gasteiger partial charge in [-0.15, -0.1) is 0 Å². The molecule has 0 aromatic rings. The van der Waals surface area contributed by atoms with E-state index in [1.165, 1.54) is 32.1 Å². The van der Waals surface area contributed by atoms with Crippen LogP contribution in [-0.2, 0) is 9.47 Å². The van der Waals surface area contributed by atoms with Gasteiger partial charge >= 0.3 is 0 Å². The molecule has 0 amide bonds. The van der Waals surface area contributed by atoms with Crippen molar-refractivity contribution in [2.75, 3.05) is 20.3 Å². The molecular weight excluding hydrogens is 240 g/mol. The van der Waals surface area contributed by atoms with Gasteiger partial charge < -0.3 is 14.6 Å². The van der Waals surface area contributed by atoms with E-state index in [0.717, 1.165) is 19.4 Å². The standard InChI is InChI=1S/C16H30O3/c1-13(2)16(17,12-18-3)14-7-10-19-15(11-14)8-5-4-6-9-15/h13-14,17H,4-12H2,1-3H3. The highest BCUT2D eigenvalue weighted by molar-refractivity contribution is 4.98. The zero-order valence-corrected chi connectivity index (χ0v) is 12.8. The highest BCUT2D eigenvalue weighted by Crippen LogP contribution is 2.45. The van der Waals surface area contributed by atoms with Crippen molar-refractivity contribution < 1.29 is 14.6 Å². The minimum absolute atomic E-state index is 0.0534. The summed E-state index contributed by atoms with van der Waals surface area (Å²) in [5.74, 6) is 0.524. The van der Waals surface area contributed by atoms with Crippen molar-refractivity contribution in [1.82, 2.24) is 0 Å². The van der Waals surface area contributed by atoms with Crippen LogP contribution in [0.4, 0.5) is 0 Å². The molecule has 1 saturated carbocycles. The molecule has 1 saturated heterocycles. The van der Waals surface area contributed by atoms with E-state index in [-0.39, 0.29) is 11.5 Å². The zero-order chi connectivity index (χ0) is 13.9. The van der Waals surface area contributed by atoms with Crippen molar-refractivity contribution >= 4 is 0 Å². The van der Waals surface area contributed by atoms with E-state index < -0.39 is 5.60 Å². The van der Waals surface area contributed by atoms with E-state index in [1.807, 2.05) is 0 Å². The summed E-state index contributed by atoms with van der Waals surface area (Å²) in [5, 5.41) is 11.0. The third-order valence-electron chi connectivity index (χ3n) is 5.34. The first kappa shape index (κ1) is 15.3. The Labute approximate surface area is 117 Å². The predicted molar refractivity (Wildman–Crippen MR) is 76.2 cm³/mol. The van der Waals surface area contributed by atoms with Crippen molar-refractivity contribution in [3.63, 3.8) is 0 Å². The molecule has 0 bridgehead atoms. The highest BCUT2D eigenvalue weighted by Gasteiger charge is 2.47. The van der Waals surface area contributed by atoms with E-state index in [9.17, 15) is 5.11 Å². The Morgan fingerprint density at radius 2 is 2.00 bits per heavy atom. The predicted octanol–water partition coefficient (Wildman–Crippen LogP) is 3.15. The van der Waals surface area contributed by atoms with Crippen LogP contribution in [-0.4, -0.2) is 36.6 Å². The van der Waals surface area contributed by atoms with Crippen LogP contribution in [0, 0.1) is 11.8 Å². The smallest absolute Gasteiger partial charge is 0.0932 e. The fourth-order valence-corrected chi connectivity index (χ4v) is 3.99. The maximum Gasteiger partial charge on any atom is 0.0932 e. The summed E-state index contributed by atoms with van der Waals surface area (Å²) >= 11 is 0. The Bertz CT molecular complexity index is 278. The number of rotatable bonds is 4. The van der Waals surface area contributed by atoms with Crippen molar-refractivity contribution in [2.24, 2.45) is 11.8 Å². The molecule has 3 nitrogen and oxygen atoms in total. The van der Waals surface area contributed by atoms with Crippen LogP contribution in [0.2, 0.25) is 0 Å². The van der Waals surface area contributed by atoms with Crippen molar-refractivity contribution in [3.05, 3.63) is 0 Å². The van der Waals surface area contributed by atoms with Gasteiger partial charge in [0, 0.05) is 13.7 Å². The first-order valence-corrected chi connectivity index (χ1v) is 7.88. The van der Waals surface area contributed by atoms with Crippen LogP contribution in [0.1, 0.15) is 58.8 Å². The molecule has 1 spiro atoms. The lowest BCUT2D eigenvalue weighted by Gasteiger charge is -2.49. The minimum Gasteiger partial charge on any atom is -0.387 e. The second kappa shape index (κ2) is 6.11. The first-order chi connectivity index (χ1) is 9.02. The van der Waals surface area contributed by atoms with E-state index in [4.69, 9.17) is 9.47 Å². The van der Waals surface area contributed by atoms with Gasteiger partial charge in [-0.3, -0.25) is 0 Å². The molecule has 1 heterocycles. The van der Waals surface area contributed by atoms with Gasteiger partial charge in [0.2, 0.25) is 0 Å². The summed E-state index contributed by atoms with van der Waals surface area (Å²) in [6, 6.07) is 0. The Morgan fingerprint density at radius 3 is 2.58 bits per heavy atom. The maximum absolute atomic E-state index is 11.0. The van der Waals surface area contributed by atoms with Gasteiger partial charge in [-0.05, 0) is 37.5 Å². The number of aliphatic hydroxyl groups is 1. The van der Waals surface area contributed by atoms with E-state index >= 15 is 0 Å². The maximum atomic E-state index is 11.0. The zero-order valence-electron chi connectivity index (χ0n) is 12.8. The molecule has 19 heavy (non-hydrogen) atoms. The summed E-state index contributed by atoms with van der Waals surface area (Å²) in [5.41, 5.74) is -0.652. The van der Waals surface area contributed by atoms with Gasteiger partial charge in [0.15, 0.2) is 0 Å². The molecule has 2 rings (SSSR count). The van der Waals surface area contributed by atoms with E-state index in [2.05, 4.69) is 13.8 Å². The molecular formula is C16H30O3. The molecule has 0 aromatic heterocycles. The number of hydrogen-bond donors (Lipinski definition) is 1. The lowest BCUT2D eigenvalue weighted by atomic mass is 9.68. The van der Waals surface area contributed by atoms with Crippen LogP contribution in [0.25, 0.3) is 0 Å². The lowest BCUT2D eigenvalue weighted by molar-refractivity contribution is -0.181. The van der Waals surface area contributed by atoms with Crippen molar-refractivity contribution in [2.45, 2.75) is 70.0 Å². The molecule has 1 N–H and O–H groups in total. The molecule has 112 valence electrons. The van der Waals surface area contributed by atoms with Crippen LogP contribution < -0.4 is 0 Å². The second-order valence-electron chi connectivity index (χ2n) is 6.86. The average Bonchev–Trinajstić information content (AvgIpc) is 2.39. The van der Waals surface area contributed by atoms with E-state index in [0.29, 0.717) is 12.5 Å². The molecule has 2 unspecified atom stereocenters. The molecule has 2 aliphatic rings. The van der Waals surface area contributed by atoms with Crippen molar-refractivity contribution in [1.29, 1.82) is 0 Å². The molecule has 3 heteroatoms. The monoisotopic (exact) mass is 270 g/mol. The first-order valence-electron chi connectivity index (χ1n) is 7.88. The molecule has 2 atom stereocenters. The topological polar surface area (TPSA) is 38.7 Å². The fraction of sp³-hybridized carbons (Fsp3) is 1.00. The van der Waals surface area contributed by atoms with Crippen LogP contribution in [0.3, 0.4) is 0 Å². The third-order valence-corrected chi connectivity index (χ3v) is 5.34. The third kappa shape index (κ3) is 3.14. The van der Waals surface area contributed by atoms with Gasteiger partial charge in [-0.1, -0.05) is 33.1 Å². The summed E-state index contributed by atoms with van der Waals surface area (Å²) in [6.45, 7) is 5.43. The normalized spacial score (nSPS) is 30.5. The molecule has 2 fully saturated rings. The van der Waals surface area contributed by atoms with Crippen LogP contribution in [0.5, 0.6) is 0 Å². The number of ether oxygens (including phenoxy) is 2. The van der Waals surface area contributed by atoms with Crippen LogP contribution >= 0.6 is 0 Å². The van der Waals surface area contributed by atoms with Gasteiger partial charge in [0.05, 0.1) is 17.8 Å². The van der Waals surface area contributed by atoms with Crippen LogP contribution in [0.15, 0.2) is 0 Å².